The number of hydrogen-bond acceptors (Lipinski definition) is 5. The molecule has 1 atom stereocenters. The first-order valence-corrected chi connectivity index (χ1v) is 9.31. The lowest BCUT2D eigenvalue weighted by molar-refractivity contribution is -0.0323. The van der Waals surface area contributed by atoms with Crippen molar-refractivity contribution in [2.45, 2.75) is 44.2 Å². The zero-order chi connectivity index (χ0) is 18.1. The summed E-state index contributed by atoms with van der Waals surface area (Å²) in [4.78, 5) is 27.0. The van der Waals surface area contributed by atoms with Gasteiger partial charge in [0.15, 0.2) is 5.65 Å². The van der Waals surface area contributed by atoms with Crippen molar-refractivity contribution >= 4 is 11.6 Å². The smallest absolute Gasteiger partial charge is 0.347 e. The molecule has 2 fully saturated rings. The van der Waals surface area contributed by atoms with Crippen LogP contribution in [-0.4, -0.2) is 63.3 Å². The molecule has 8 heteroatoms. The molecule has 1 aliphatic heterocycles. The lowest BCUT2D eigenvalue weighted by atomic mass is 9.86. The molecule has 2 aromatic rings. The second kappa shape index (κ2) is 6.85. The minimum atomic E-state index is -0.344. The van der Waals surface area contributed by atoms with Crippen molar-refractivity contribution in [3.8, 4) is 0 Å². The lowest BCUT2D eigenvalue weighted by Crippen LogP contribution is -2.62. The molecule has 1 amide bonds. The van der Waals surface area contributed by atoms with Crippen LogP contribution in [0, 0.1) is 0 Å². The molecule has 0 spiro atoms. The molecule has 1 saturated carbocycles. The average molecular weight is 359 g/mol. The van der Waals surface area contributed by atoms with Gasteiger partial charge in [0.05, 0.1) is 18.8 Å². The Bertz CT molecular complexity index is 846. The van der Waals surface area contributed by atoms with E-state index in [1.165, 1.54) is 17.2 Å². The van der Waals surface area contributed by atoms with Crippen molar-refractivity contribution < 1.29 is 9.53 Å². The Labute approximate surface area is 151 Å². The van der Waals surface area contributed by atoms with Gasteiger partial charge in [0.1, 0.15) is 0 Å². The predicted octanol–water partition coefficient (Wildman–Crippen LogP) is 0.786. The van der Waals surface area contributed by atoms with Crippen LogP contribution >= 0.6 is 0 Å². The monoisotopic (exact) mass is 359 g/mol. The molecule has 1 unspecified atom stereocenters. The topological polar surface area (TPSA) is 91.7 Å². The maximum atomic E-state index is 12.8. The quantitative estimate of drug-likeness (QED) is 0.842. The molecule has 0 bridgehead atoms. The number of aromatic nitrogens is 3. The molecule has 2 aromatic heterocycles. The van der Waals surface area contributed by atoms with E-state index in [2.05, 4.69) is 27.3 Å². The van der Waals surface area contributed by atoms with Gasteiger partial charge in [-0.2, -0.15) is 5.10 Å². The van der Waals surface area contributed by atoms with Crippen LogP contribution in [0.4, 0.5) is 0 Å². The maximum absolute atomic E-state index is 12.8. The Hall–Kier alpha value is -2.19. The van der Waals surface area contributed by atoms with Crippen LogP contribution in [0.1, 0.15) is 43.0 Å². The molecule has 0 aromatic carbocycles. The Balaban J connectivity index is 1.54. The number of nitrogens with zero attached hydrogens (tertiary/aromatic N) is 3. The predicted molar refractivity (Wildman–Crippen MR) is 96.3 cm³/mol. The Morgan fingerprint density at radius 1 is 1.31 bits per heavy atom. The number of nitrogens with one attached hydrogen (secondary N) is 2. The molecule has 2 N–H and O–H groups in total. The summed E-state index contributed by atoms with van der Waals surface area (Å²) in [7, 11) is 0. The molecular weight excluding hydrogens is 334 g/mol. The third-order valence-electron chi connectivity index (χ3n) is 5.94. The number of carbonyl (C=O) groups is 1. The van der Waals surface area contributed by atoms with Crippen molar-refractivity contribution in [1.82, 2.24) is 24.8 Å². The van der Waals surface area contributed by atoms with Crippen LogP contribution in [0.5, 0.6) is 0 Å². The zero-order valence-electron chi connectivity index (χ0n) is 15.0. The highest BCUT2D eigenvalue weighted by Gasteiger charge is 2.45. The Kier molecular flexibility index (Phi) is 4.54. The van der Waals surface area contributed by atoms with Crippen LogP contribution in [0.15, 0.2) is 23.1 Å². The number of pyridine rings is 1. The molecule has 2 aliphatic rings. The summed E-state index contributed by atoms with van der Waals surface area (Å²) in [5.74, 6) is -0.160. The van der Waals surface area contributed by atoms with E-state index in [0.717, 1.165) is 39.1 Å². The minimum Gasteiger partial charge on any atom is -0.379 e. The van der Waals surface area contributed by atoms with Gasteiger partial charge in [-0.15, -0.1) is 0 Å². The summed E-state index contributed by atoms with van der Waals surface area (Å²) < 4.78 is 6.86. The number of carbonyl (C=O) groups excluding carboxylic acids is 1. The van der Waals surface area contributed by atoms with Crippen LogP contribution < -0.4 is 11.0 Å². The number of H-pyrrole nitrogens is 1. The SMILES string of the molecule is CC(NC(=O)c1ccc2n[nH]c(=O)n2c1)C1(N2CCOCC2)CCCC1. The second-order valence-electron chi connectivity index (χ2n) is 7.28. The van der Waals surface area contributed by atoms with E-state index in [1.54, 1.807) is 18.3 Å². The largest absolute Gasteiger partial charge is 0.379 e. The van der Waals surface area contributed by atoms with Gasteiger partial charge in [0, 0.05) is 30.9 Å². The number of hydrogen-bond donors (Lipinski definition) is 2. The van der Waals surface area contributed by atoms with Crippen molar-refractivity contribution in [3.05, 3.63) is 34.4 Å². The van der Waals surface area contributed by atoms with Gasteiger partial charge in [-0.05, 0) is 31.9 Å². The van der Waals surface area contributed by atoms with E-state index in [9.17, 15) is 9.59 Å². The summed E-state index contributed by atoms with van der Waals surface area (Å²) in [6.45, 7) is 5.43. The lowest BCUT2D eigenvalue weighted by Gasteiger charge is -2.47. The Morgan fingerprint density at radius 2 is 2.04 bits per heavy atom. The summed E-state index contributed by atoms with van der Waals surface area (Å²) >= 11 is 0. The van der Waals surface area contributed by atoms with Gasteiger partial charge >= 0.3 is 5.69 Å². The highest BCUT2D eigenvalue weighted by atomic mass is 16.5. The van der Waals surface area contributed by atoms with Crippen LogP contribution in [-0.2, 0) is 4.74 Å². The average Bonchev–Trinajstić information content (AvgIpc) is 3.30. The third kappa shape index (κ3) is 2.93. The van der Waals surface area contributed by atoms with Gasteiger partial charge in [-0.1, -0.05) is 12.8 Å². The summed E-state index contributed by atoms with van der Waals surface area (Å²) in [6.07, 6.45) is 6.10. The van der Waals surface area contributed by atoms with Gasteiger partial charge in [0.25, 0.3) is 5.91 Å². The zero-order valence-corrected chi connectivity index (χ0v) is 15.0. The molecule has 140 valence electrons. The van der Waals surface area contributed by atoms with Gasteiger partial charge < -0.3 is 10.1 Å². The number of aromatic amines is 1. The number of amides is 1. The molecule has 0 radical (unpaired) electrons. The van der Waals surface area contributed by atoms with Crippen LogP contribution in [0.2, 0.25) is 0 Å². The number of fused-ring (bicyclic) bond motifs is 1. The molecule has 1 saturated heterocycles. The fourth-order valence-corrected chi connectivity index (χ4v) is 4.47. The molecular formula is C18H25N5O3. The third-order valence-corrected chi connectivity index (χ3v) is 5.94. The van der Waals surface area contributed by atoms with Crippen molar-refractivity contribution in [2.24, 2.45) is 0 Å². The van der Waals surface area contributed by atoms with Crippen LogP contribution in [0.25, 0.3) is 5.65 Å². The van der Waals surface area contributed by atoms with Crippen LogP contribution in [0.3, 0.4) is 0 Å². The number of ether oxygens (including phenoxy) is 1. The fraction of sp³-hybridized carbons (Fsp3) is 0.611. The molecule has 4 rings (SSSR count). The van der Waals surface area contributed by atoms with E-state index in [0.29, 0.717) is 11.2 Å². The maximum Gasteiger partial charge on any atom is 0.347 e. The van der Waals surface area contributed by atoms with E-state index < -0.39 is 0 Å². The van der Waals surface area contributed by atoms with E-state index in [1.807, 2.05) is 0 Å². The van der Waals surface area contributed by atoms with E-state index in [-0.39, 0.29) is 23.2 Å². The first-order valence-electron chi connectivity index (χ1n) is 9.31. The number of rotatable bonds is 4. The molecule has 26 heavy (non-hydrogen) atoms. The molecule has 1 aliphatic carbocycles. The summed E-state index contributed by atoms with van der Waals surface area (Å²) in [5.41, 5.74) is 0.613. The molecule has 8 nitrogen and oxygen atoms in total. The first kappa shape index (κ1) is 17.2. The first-order chi connectivity index (χ1) is 12.6. The second-order valence-corrected chi connectivity index (χ2v) is 7.28. The highest BCUT2D eigenvalue weighted by Crippen LogP contribution is 2.38. The summed E-state index contributed by atoms with van der Waals surface area (Å²) in [6, 6.07) is 3.39. The van der Waals surface area contributed by atoms with Gasteiger partial charge in [0.2, 0.25) is 0 Å². The van der Waals surface area contributed by atoms with Crippen molar-refractivity contribution in [2.75, 3.05) is 26.3 Å². The molecule has 3 heterocycles. The minimum absolute atomic E-state index is 0.00395. The van der Waals surface area contributed by atoms with E-state index >= 15 is 0 Å². The summed E-state index contributed by atoms with van der Waals surface area (Å²) in [5, 5.41) is 9.46. The van der Waals surface area contributed by atoms with Gasteiger partial charge in [-0.3, -0.25) is 9.69 Å². The van der Waals surface area contributed by atoms with Gasteiger partial charge in [-0.25, -0.2) is 14.3 Å². The highest BCUT2D eigenvalue weighted by molar-refractivity contribution is 5.94. The number of morpholine rings is 1. The van der Waals surface area contributed by atoms with E-state index in [4.69, 9.17) is 4.74 Å². The van der Waals surface area contributed by atoms with Crippen molar-refractivity contribution in [3.63, 3.8) is 0 Å². The Morgan fingerprint density at radius 3 is 2.77 bits per heavy atom. The fourth-order valence-electron chi connectivity index (χ4n) is 4.47. The normalized spacial score (nSPS) is 21.7. The van der Waals surface area contributed by atoms with Crippen molar-refractivity contribution in [1.29, 1.82) is 0 Å². The standard InChI is InChI=1S/C18H25N5O3/c1-13(18(6-2-3-7-18)22-8-10-26-11-9-22)19-16(24)14-4-5-15-20-21-17(25)23(15)12-14/h4-5,12-13H,2-3,6-11H2,1H3,(H,19,24)(H,21,25).